The summed E-state index contributed by atoms with van der Waals surface area (Å²) in [5.74, 6) is -4.99. The van der Waals surface area contributed by atoms with Crippen LogP contribution in [-0.2, 0) is 14.4 Å². The van der Waals surface area contributed by atoms with Crippen molar-refractivity contribution in [3.8, 4) is 0 Å². The number of para-hydroxylation sites is 1. The van der Waals surface area contributed by atoms with Crippen LogP contribution in [0.2, 0.25) is 0 Å². The van der Waals surface area contributed by atoms with Gasteiger partial charge in [0.2, 0.25) is 5.91 Å². The Labute approximate surface area is 116 Å². The summed E-state index contributed by atoms with van der Waals surface area (Å²) in [5.41, 5.74) is 0.355. The number of carboxylic acids is 1. The van der Waals surface area contributed by atoms with Crippen molar-refractivity contribution in [2.75, 3.05) is 5.32 Å². The fourth-order valence-corrected chi connectivity index (χ4v) is 1.36. The monoisotopic (exact) mass is 304 g/mol. The predicted octanol–water partition coefficient (Wildman–Crippen LogP) is 1.15. The molecule has 0 bridgehead atoms. The van der Waals surface area contributed by atoms with E-state index >= 15 is 0 Å². The second kappa shape index (κ2) is 6.73. The summed E-state index contributed by atoms with van der Waals surface area (Å²) in [6, 6.07) is 5.96. The minimum Gasteiger partial charge on any atom is -0.480 e. The van der Waals surface area contributed by atoms with E-state index < -0.39 is 36.4 Å². The second-order valence-electron chi connectivity index (χ2n) is 3.98. The molecule has 1 aromatic carbocycles. The fourth-order valence-electron chi connectivity index (χ4n) is 1.36. The molecule has 0 aliphatic rings. The lowest BCUT2D eigenvalue weighted by Crippen LogP contribution is -2.48. The summed E-state index contributed by atoms with van der Waals surface area (Å²) in [7, 11) is 0. The van der Waals surface area contributed by atoms with Gasteiger partial charge in [-0.3, -0.25) is 9.59 Å². The van der Waals surface area contributed by atoms with Gasteiger partial charge in [-0.25, -0.2) is 4.79 Å². The number of carbonyl (C=O) groups is 3. The molecule has 0 fully saturated rings. The van der Waals surface area contributed by atoms with Crippen LogP contribution in [-0.4, -0.2) is 35.1 Å². The first kappa shape index (κ1) is 16.5. The van der Waals surface area contributed by atoms with Gasteiger partial charge in [-0.2, -0.15) is 13.2 Å². The molecule has 0 saturated carbocycles. The Morgan fingerprint density at radius 2 is 1.71 bits per heavy atom. The molecule has 3 N–H and O–H groups in total. The van der Waals surface area contributed by atoms with E-state index in [0.717, 1.165) is 0 Å². The van der Waals surface area contributed by atoms with Crippen molar-refractivity contribution >= 4 is 23.5 Å². The molecule has 9 heteroatoms. The molecule has 0 aromatic heterocycles. The summed E-state index contributed by atoms with van der Waals surface area (Å²) in [6.07, 6.45) is -6.05. The maximum Gasteiger partial charge on any atom is 0.471 e. The Hall–Kier alpha value is -2.58. The first-order chi connectivity index (χ1) is 9.70. The summed E-state index contributed by atoms with van der Waals surface area (Å²) in [4.78, 5) is 33.0. The number of carboxylic acid groups (broad SMARTS) is 1. The highest BCUT2D eigenvalue weighted by atomic mass is 19.4. The number of nitrogens with one attached hydrogen (secondary N) is 2. The number of halogens is 3. The van der Waals surface area contributed by atoms with Crippen molar-refractivity contribution in [3.63, 3.8) is 0 Å². The molecule has 1 unspecified atom stereocenters. The lowest BCUT2D eigenvalue weighted by molar-refractivity contribution is -0.175. The van der Waals surface area contributed by atoms with Crippen LogP contribution in [0.1, 0.15) is 6.42 Å². The molecule has 0 heterocycles. The van der Waals surface area contributed by atoms with Gasteiger partial charge in [-0.05, 0) is 12.1 Å². The largest absolute Gasteiger partial charge is 0.480 e. The van der Waals surface area contributed by atoms with Crippen LogP contribution in [0, 0.1) is 0 Å². The van der Waals surface area contributed by atoms with Crippen molar-refractivity contribution in [2.24, 2.45) is 0 Å². The molecule has 0 aliphatic carbocycles. The summed E-state index contributed by atoms with van der Waals surface area (Å²) >= 11 is 0. The first-order valence-electron chi connectivity index (χ1n) is 5.65. The highest BCUT2D eigenvalue weighted by Gasteiger charge is 2.41. The third kappa shape index (κ3) is 5.51. The Morgan fingerprint density at radius 3 is 2.19 bits per heavy atom. The SMILES string of the molecule is O=C(CC(NC(=O)C(F)(F)F)C(=O)O)Nc1ccccc1. The number of alkyl halides is 3. The number of carbonyl (C=O) groups excluding carboxylic acids is 2. The minimum absolute atomic E-state index is 0.355. The average Bonchev–Trinajstić information content (AvgIpc) is 2.37. The van der Waals surface area contributed by atoms with E-state index in [4.69, 9.17) is 5.11 Å². The first-order valence-corrected chi connectivity index (χ1v) is 5.65. The van der Waals surface area contributed by atoms with E-state index in [0.29, 0.717) is 5.69 Å². The van der Waals surface area contributed by atoms with Crippen molar-refractivity contribution in [1.82, 2.24) is 5.32 Å². The normalized spacial score (nSPS) is 12.3. The van der Waals surface area contributed by atoms with Gasteiger partial charge in [0.15, 0.2) is 0 Å². The highest BCUT2D eigenvalue weighted by molar-refractivity contribution is 5.95. The van der Waals surface area contributed by atoms with Gasteiger partial charge in [0.05, 0.1) is 6.42 Å². The number of rotatable bonds is 5. The minimum atomic E-state index is -5.22. The average molecular weight is 304 g/mol. The topological polar surface area (TPSA) is 95.5 Å². The Balaban J connectivity index is 2.64. The van der Waals surface area contributed by atoms with Crippen molar-refractivity contribution in [2.45, 2.75) is 18.6 Å². The molecule has 6 nitrogen and oxygen atoms in total. The lowest BCUT2D eigenvalue weighted by Gasteiger charge is -2.15. The maximum absolute atomic E-state index is 12.1. The van der Waals surface area contributed by atoms with Crippen LogP contribution in [0.5, 0.6) is 0 Å². The lowest BCUT2D eigenvalue weighted by atomic mass is 10.2. The number of hydrogen-bond acceptors (Lipinski definition) is 3. The number of aliphatic carboxylic acids is 1. The summed E-state index contributed by atoms with van der Waals surface area (Å²) in [6.45, 7) is 0. The Morgan fingerprint density at radius 1 is 1.14 bits per heavy atom. The third-order valence-corrected chi connectivity index (χ3v) is 2.31. The zero-order valence-corrected chi connectivity index (χ0v) is 10.5. The highest BCUT2D eigenvalue weighted by Crippen LogP contribution is 2.15. The number of benzene rings is 1. The van der Waals surface area contributed by atoms with Gasteiger partial charge >= 0.3 is 18.1 Å². The number of amides is 2. The van der Waals surface area contributed by atoms with Gasteiger partial charge in [0.1, 0.15) is 6.04 Å². The molecule has 1 atom stereocenters. The molecule has 0 spiro atoms. The van der Waals surface area contributed by atoms with Crippen LogP contribution >= 0.6 is 0 Å². The fraction of sp³-hybridized carbons (Fsp3) is 0.250. The van der Waals surface area contributed by atoms with Gasteiger partial charge in [0.25, 0.3) is 0 Å². The van der Waals surface area contributed by atoms with Gasteiger partial charge in [-0.15, -0.1) is 0 Å². The van der Waals surface area contributed by atoms with Crippen molar-refractivity contribution in [3.05, 3.63) is 30.3 Å². The zero-order valence-electron chi connectivity index (χ0n) is 10.5. The molecule has 21 heavy (non-hydrogen) atoms. The van der Waals surface area contributed by atoms with E-state index in [9.17, 15) is 27.6 Å². The van der Waals surface area contributed by atoms with Crippen LogP contribution < -0.4 is 10.6 Å². The zero-order chi connectivity index (χ0) is 16.0. The van der Waals surface area contributed by atoms with E-state index in [2.05, 4.69) is 5.32 Å². The molecule has 0 saturated heterocycles. The molecule has 0 aliphatic heterocycles. The second-order valence-corrected chi connectivity index (χ2v) is 3.98. The molecule has 114 valence electrons. The van der Waals surface area contributed by atoms with Gasteiger partial charge in [-0.1, -0.05) is 18.2 Å². The molecular formula is C12H11F3N2O4. The van der Waals surface area contributed by atoms with Crippen LogP contribution in [0.25, 0.3) is 0 Å². The van der Waals surface area contributed by atoms with E-state index in [1.165, 1.54) is 17.4 Å². The standard InChI is InChI=1S/C12H11F3N2O4/c13-12(14,15)11(21)17-8(10(19)20)6-9(18)16-7-4-2-1-3-5-7/h1-5,8H,6H2,(H,16,18)(H,17,21)(H,19,20). The quantitative estimate of drug-likeness (QED) is 0.760. The van der Waals surface area contributed by atoms with Gasteiger partial charge in [0, 0.05) is 5.69 Å². The number of hydrogen-bond donors (Lipinski definition) is 3. The Bertz CT molecular complexity index is 531. The number of anilines is 1. The predicted molar refractivity (Wildman–Crippen MR) is 65.3 cm³/mol. The maximum atomic E-state index is 12.1. The molecular weight excluding hydrogens is 293 g/mol. The van der Waals surface area contributed by atoms with E-state index in [1.807, 2.05) is 0 Å². The smallest absolute Gasteiger partial charge is 0.471 e. The molecule has 2 amide bonds. The summed E-state index contributed by atoms with van der Waals surface area (Å²) < 4.78 is 36.2. The molecule has 1 rings (SSSR count). The van der Waals surface area contributed by atoms with Crippen molar-refractivity contribution < 1.29 is 32.7 Å². The van der Waals surface area contributed by atoms with E-state index in [1.54, 1.807) is 18.2 Å². The third-order valence-electron chi connectivity index (χ3n) is 2.31. The van der Waals surface area contributed by atoms with Gasteiger partial charge < -0.3 is 15.7 Å². The van der Waals surface area contributed by atoms with Crippen molar-refractivity contribution in [1.29, 1.82) is 0 Å². The molecule has 0 radical (unpaired) electrons. The molecule has 1 aromatic rings. The van der Waals surface area contributed by atoms with Crippen LogP contribution in [0.4, 0.5) is 18.9 Å². The van der Waals surface area contributed by atoms with E-state index in [-0.39, 0.29) is 0 Å². The van der Waals surface area contributed by atoms with Crippen LogP contribution in [0.3, 0.4) is 0 Å². The Kier molecular flexibility index (Phi) is 5.28. The summed E-state index contributed by atoms with van der Waals surface area (Å²) in [5, 5.41) is 12.3. The van der Waals surface area contributed by atoms with Crippen LogP contribution in [0.15, 0.2) is 30.3 Å².